The lowest BCUT2D eigenvalue weighted by Crippen LogP contribution is -2.54. The summed E-state index contributed by atoms with van der Waals surface area (Å²) in [5, 5.41) is 0. The van der Waals surface area contributed by atoms with Crippen LogP contribution in [0.4, 0.5) is 0 Å². The van der Waals surface area contributed by atoms with E-state index in [1.807, 2.05) is 4.90 Å². The van der Waals surface area contributed by atoms with Crippen molar-refractivity contribution in [1.82, 2.24) is 4.90 Å². The van der Waals surface area contributed by atoms with Crippen molar-refractivity contribution in [3.8, 4) is 0 Å². The average Bonchev–Trinajstić information content (AvgIpc) is 2.91. The van der Waals surface area contributed by atoms with Crippen molar-refractivity contribution in [2.75, 3.05) is 26.3 Å². The van der Waals surface area contributed by atoms with Gasteiger partial charge in [-0.2, -0.15) is 0 Å². The van der Waals surface area contributed by atoms with Crippen molar-refractivity contribution in [2.45, 2.75) is 56.3 Å². The summed E-state index contributed by atoms with van der Waals surface area (Å²) in [7, 11) is 0. The second kappa shape index (κ2) is 5.38. The summed E-state index contributed by atoms with van der Waals surface area (Å²) in [5.41, 5.74) is 5.94. The van der Waals surface area contributed by atoms with E-state index in [1.54, 1.807) is 0 Å². The topological polar surface area (TPSA) is 64.8 Å². The van der Waals surface area contributed by atoms with Gasteiger partial charge in [0.1, 0.15) is 6.10 Å². The Labute approximate surface area is 114 Å². The van der Waals surface area contributed by atoms with Crippen LogP contribution in [0.2, 0.25) is 0 Å². The highest BCUT2D eigenvalue weighted by Crippen LogP contribution is 2.33. The van der Waals surface area contributed by atoms with Gasteiger partial charge in [-0.15, -0.1) is 0 Å². The summed E-state index contributed by atoms with van der Waals surface area (Å²) in [6, 6.07) is 0. The van der Waals surface area contributed by atoms with E-state index < -0.39 is 0 Å². The minimum atomic E-state index is -0.227. The minimum Gasteiger partial charge on any atom is -0.375 e. The average molecular weight is 268 g/mol. The molecule has 3 rings (SSSR count). The van der Waals surface area contributed by atoms with E-state index in [0.717, 1.165) is 38.7 Å². The number of hydrogen-bond acceptors (Lipinski definition) is 4. The van der Waals surface area contributed by atoms with Crippen LogP contribution in [-0.4, -0.2) is 54.9 Å². The maximum absolute atomic E-state index is 12.3. The van der Waals surface area contributed by atoms with Crippen LogP contribution in [0.3, 0.4) is 0 Å². The number of amides is 1. The zero-order chi connectivity index (χ0) is 13.3. The Morgan fingerprint density at radius 3 is 2.63 bits per heavy atom. The van der Waals surface area contributed by atoms with Crippen LogP contribution < -0.4 is 5.73 Å². The number of rotatable bonds is 3. The maximum atomic E-state index is 12.3. The molecule has 19 heavy (non-hydrogen) atoms. The molecule has 1 aliphatic carbocycles. The molecular formula is C14H24N2O3. The molecule has 2 N–H and O–H groups in total. The molecule has 2 heterocycles. The Balaban J connectivity index is 1.53. The SMILES string of the molecule is NC1(CC(=O)N2CCO[C@@H]([C@H]3CCCO3)C2)CCC1. The van der Waals surface area contributed by atoms with Gasteiger partial charge in [0.15, 0.2) is 0 Å². The Morgan fingerprint density at radius 1 is 1.21 bits per heavy atom. The number of carbonyl (C=O) groups excluding carboxylic acids is 1. The summed E-state index contributed by atoms with van der Waals surface area (Å²) >= 11 is 0. The minimum absolute atomic E-state index is 0.0512. The molecule has 1 saturated carbocycles. The normalized spacial score (nSPS) is 34.1. The van der Waals surface area contributed by atoms with E-state index in [-0.39, 0.29) is 23.7 Å². The van der Waals surface area contributed by atoms with Gasteiger partial charge in [0.2, 0.25) is 5.91 Å². The standard InChI is InChI=1S/C14H24N2O3/c15-14(4-2-5-14)9-13(17)16-6-8-19-12(10-16)11-3-1-7-18-11/h11-12H,1-10,15H2/t11-,12-/m1/s1. The lowest BCUT2D eigenvalue weighted by Gasteiger charge is -2.41. The summed E-state index contributed by atoms with van der Waals surface area (Å²) in [6.07, 6.45) is 5.99. The van der Waals surface area contributed by atoms with Crippen molar-refractivity contribution in [1.29, 1.82) is 0 Å². The molecule has 0 aromatic carbocycles. The summed E-state index contributed by atoms with van der Waals surface area (Å²) in [4.78, 5) is 14.2. The number of morpholine rings is 1. The van der Waals surface area contributed by atoms with Crippen LogP contribution in [0.5, 0.6) is 0 Å². The molecular weight excluding hydrogens is 244 g/mol. The monoisotopic (exact) mass is 268 g/mol. The molecule has 0 spiro atoms. The highest BCUT2D eigenvalue weighted by atomic mass is 16.5. The lowest BCUT2D eigenvalue weighted by atomic mass is 9.75. The third kappa shape index (κ3) is 2.93. The number of nitrogens with zero attached hydrogens (tertiary/aromatic N) is 1. The maximum Gasteiger partial charge on any atom is 0.224 e. The van der Waals surface area contributed by atoms with Crippen LogP contribution in [0.15, 0.2) is 0 Å². The van der Waals surface area contributed by atoms with Crippen LogP contribution in [-0.2, 0) is 14.3 Å². The zero-order valence-corrected chi connectivity index (χ0v) is 11.5. The Morgan fingerprint density at radius 2 is 2.00 bits per heavy atom. The third-order valence-corrected chi connectivity index (χ3v) is 4.68. The van der Waals surface area contributed by atoms with Crippen molar-refractivity contribution in [3.05, 3.63) is 0 Å². The second-order valence-electron chi connectivity index (χ2n) is 6.19. The first kappa shape index (κ1) is 13.3. The highest BCUT2D eigenvalue weighted by molar-refractivity contribution is 5.77. The van der Waals surface area contributed by atoms with Crippen LogP contribution in [0.25, 0.3) is 0 Å². The fourth-order valence-corrected chi connectivity index (χ4v) is 3.24. The van der Waals surface area contributed by atoms with Crippen molar-refractivity contribution >= 4 is 5.91 Å². The van der Waals surface area contributed by atoms with Gasteiger partial charge < -0.3 is 20.1 Å². The van der Waals surface area contributed by atoms with Crippen molar-refractivity contribution < 1.29 is 14.3 Å². The lowest BCUT2D eigenvalue weighted by molar-refractivity contribution is -0.146. The fraction of sp³-hybridized carbons (Fsp3) is 0.929. The van der Waals surface area contributed by atoms with Crippen LogP contribution >= 0.6 is 0 Å². The highest BCUT2D eigenvalue weighted by Gasteiger charge is 2.38. The molecule has 0 bridgehead atoms. The van der Waals surface area contributed by atoms with E-state index in [9.17, 15) is 4.79 Å². The quantitative estimate of drug-likeness (QED) is 0.817. The van der Waals surface area contributed by atoms with Gasteiger partial charge in [0.25, 0.3) is 0 Å². The zero-order valence-electron chi connectivity index (χ0n) is 11.5. The summed E-state index contributed by atoms with van der Waals surface area (Å²) < 4.78 is 11.4. The van der Waals surface area contributed by atoms with Gasteiger partial charge in [-0.25, -0.2) is 0 Å². The van der Waals surface area contributed by atoms with E-state index in [1.165, 1.54) is 0 Å². The number of nitrogens with two attached hydrogens (primary N) is 1. The van der Waals surface area contributed by atoms with Gasteiger partial charge in [-0.3, -0.25) is 4.79 Å². The Kier molecular flexibility index (Phi) is 3.78. The molecule has 3 aliphatic rings. The molecule has 2 aliphatic heterocycles. The largest absolute Gasteiger partial charge is 0.375 e. The van der Waals surface area contributed by atoms with Crippen molar-refractivity contribution in [2.24, 2.45) is 5.73 Å². The first-order valence-corrected chi connectivity index (χ1v) is 7.46. The molecule has 108 valence electrons. The predicted octanol–water partition coefficient (Wildman–Crippen LogP) is 0.664. The van der Waals surface area contributed by atoms with E-state index >= 15 is 0 Å². The van der Waals surface area contributed by atoms with Crippen molar-refractivity contribution in [3.63, 3.8) is 0 Å². The second-order valence-corrected chi connectivity index (χ2v) is 6.19. The first-order valence-electron chi connectivity index (χ1n) is 7.46. The van der Waals surface area contributed by atoms with Gasteiger partial charge >= 0.3 is 0 Å². The molecule has 0 aromatic rings. The summed E-state index contributed by atoms with van der Waals surface area (Å²) in [5.74, 6) is 0.188. The molecule has 0 aromatic heterocycles. The summed E-state index contributed by atoms with van der Waals surface area (Å²) in [6.45, 7) is 2.80. The molecule has 1 amide bonds. The number of carbonyl (C=O) groups is 1. The fourth-order valence-electron chi connectivity index (χ4n) is 3.24. The van der Waals surface area contributed by atoms with Crippen LogP contribution in [0.1, 0.15) is 38.5 Å². The molecule has 3 fully saturated rings. The van der Waals surface area contributed by atoms with E-state index in [0.29, 0.717) is 26.1 Å². The van der Waals surface area contributed by atoms with E-state index in [4.69, 9.17) is 15.2 Å². The predicted molar refractivity (Wildman–Crippen MR) is 70.7 cm³/mol. The van der Waals surface area contributed by atoms with Gasteiger partial charge in [0, 0.05) is 31.7 Å². The van der Waals surface area contributed by atoms with Crippen LogP contribution in [0, 0.1) is 0 Å². The van der Waals surface area contributed by atoms with Gasteiger partial charge in [-0.1, -0.05) is 0 Å². The van der Waals surface area contributed by atoms with Gasteiger partial charge in [0.05, 0.1) is 12.7 Å². The molecule has 0 unspecified atom stereocenters. The smallest absolute Gasteiger partial charge is 0.224 e. The number of ether oxygens (including phenoxy) is 2. The Hall–Kier alpha value is -0.650. The Bertz CT molecular complexity index is 338. The van der Waals surface area contributed by atoms with Gasteiger partial charge in [-0.05, 0) is 32.1 Å². The first-order chi connectivity index (χ1) is 9.16. The molecule has 2 atom stereocenters. The molecule has 2 saturated heterocycles. The third-order valence-electron chi connectivity index (χ3n) is 4.68. The molecule has 5 heteroatoms. The van der Waals surface area contributed by atoms with E-state index in [2.05, 4.69) is 0 Å². The molecule has 0 radical (unpaired) electrons. The molecule has 5 nitrogen and oxygen atoms in total. The number of hydrogen-bond donors (Lipinski definition) is 1.